The summed E-state index contributed by atoms with van der Waals surface area (Å²) in [5.74, 6) is -1.61. The molecule has 2 saturated heterocycles. The summed E-state index contributed by atoms with van der Waals surface area (Å²) >= 11 is 0. The number of rotatable bonds is 7. The zero-order valence-electron chi connectivity index (χ0n) is 20.4. The molecule has 3 amide bonds. The monoisotopic (exact) mass is 516 g/mol. The lowest BCUT2D eigenvalue weighted by atomic mass is 9.90. The van der Waals surface area contributed by atoms with E-state index in [0.717, 1.165) is 0 Å². The van der Waals surface area contributed by atoms with Crippen LogP contribution in [0.3, 0.4) is 0 Å². The number of ether oxygens (including phenoxy) is 2. The van der Waals surface area contributed by atoms with Gasteiger partial charge in [0.25, 0.3) is 5.91 Å². The van der Waals surface area contributed by atoms with E-state index in [-0.39, 0.29) is 31.6 Å². The second-order valence-electron chi connectivity index (χ2n) is 9.69. The minimum absolute atomic E-state index is 0.0548. The molecule has 14 heteroatoms. The summed E-state index contributed by atoms with van der Waals surface area (Å²) in [5, 5.41) is 2.55. The summed E-state index contributed by atoms with van der Waals surface area (Å²) in [6.45, 7) is 6.27. The summed E-state index contributed by atoms with van der Waals surface area (Å²) < 4.78 is 49.1. The number of piperidine rings is 1. The topological polar surface area (TPSA) is 140 Å². The van der Waals surface area contributed by atoms with Crippen molar-refractivity contribution >= 4 is 23.9 Å². The van der Waals surface area contributed by atoms with Gasteiger partial charge in [-0.2, -0.15) is 13.2 Å². The summed E-state index contributed by atoms with van der Waals surface area (Å²) in [7, 11) is 0. The maximum absolute atomic E-state index is 13.0. The fourth-order valence-electron chi connectivity index (χ4n) is 4.23. The quantitative estimate of drug-likeness (QED) is 0.517. The summed E-state index contributed by atoms with van der Waals surface area (Å²) in [4.78, 5) is 47.6. The predicted molar refractivity (Wildman–Crippen MR) is 121 cm³/mol. The molecule has 1 aromatic heterocycles. The minimum atomic E-state index is -4.55. The van der Waals surface area contributed by atoms with Crippen LogP contribution >= 0.6 is 0 Å². The van der Waals surface area contributed by atoms with Crippen molar-refractivity contribution < 1.29 is 37.0 Å². The molecule has 2 aliphatic rings. The molecule has 2 aliphatic heterocycles. The number of carbonyl (C=O) groups excluding carboxylic acids is 3. The van der Waals surface area contributed by atoms with Crippen molar-refractivity contribution in [2.24, 2.45) is 11.7 Å². The van der Waals surface area contributed by atoms with E-state index in [0.29, 0.717) is 38.3 Å². The number of carbonyl (C=O) groups is 3. The molecule has 3 heterocycles. The van der Waals surface area contributed by atoms with Gasteiger partial charge in [0.05, 0.1) is 18.1 Å². The van der Waals surface area contributed by atoms with E-state index >= 15 is 0 Å². The highest BCUT2D eigenvalue weighted by molar-refractivity contribution is 5.85. The van der Waals surface area contributed by atoms with Crippen LogP contribution in [0.1, 0.15) is 39.2 Å². The lowest BCUT2D eigenvalue weighted by molar-refractivity contribution is -0.141. The second kappa shape index (κ2) is 10.8. The van der Waals surface area contributed by atoms with Gasteiger partial charge in [-0.1, -0.05) is 0 Å². The first kappa shape index (κ1) is 27.4. The average Bonchev–Trinajstić information content (AvgIpc) is 3.14. The zero-order valence-corrected chi connectivity index (χ0v) is 20.4. The van der Waals surface area contributed by atoms with Gasteiger partial charge in [0.1, 0.15) is 11.7 Å². The van der Waals surface area contributed by atoms with Crippen molar-refractivity contribution in [3.05, 3.63) is 18.0 Å². The Balaban J connectivity index is 1.54. The Morgan fingerprint density at radius 2 is 1.83 bits per heavy atom. The van der Waals surface area contributed by atoms with Crippen molar-refractivity contribution in [3.8, 4) is 0 Å². The van der Waals surface area contributed by atoms with E-state index in [4.69, 9.17) is 15.2 Å². The van der Waals surface area contributed by atoms with E-state index < -0.39 is 47.4 Å². The molecule has 0 spiro atoms. The van der Waals surface area contributed by atoms with Crippen LogP contribution < -0.4 is 16.0 Å². The number of alkyl carbamates (subject to hydrolysis) is 1. The van der Waals surface area contributed by atoms with Gasteiger partial charge in [-0.25, -0.2) is 14.8 Å². The Kier molecular flexibility index (Phi) is 8.26. The number of hydrogen-bond acceptors (Lipinski definition) is 8. The van der Waals surface area contributed by atoms with Gasteiger partial charge < -0.3 is 30.3 Å². The van der Waals surface area contributed by atoms with Gasteiger partial charge in [-0.3, -0.25) is 9.59 Å². The summed E-state index contributed by atoms with van der Waals surface area (Å²) in [5.41, 5.74) is 4.02. The molecule has 2 fully saturated rings. The maximum atomic E-state index is 13.0. The van der Waals surface area contributed by atoms with Crippen molar-refractivity contribution in [2.75, 3.05) is 37.7 Å². The molecule has 3 unspecified atom stereocenters. The van der Waals surface area contributed by atoms with Crippen LogP contribution in [-0.2, 0) is 25.2 Å². The van der Waals surface area contributed by atoms with Crippen LogP contribution in [0.4, 0.5) is 23.9 Å². The zero-order chi connectivity index (χ0) is 26.7. The van der Waals surface area contributed by atoms with Gasteiger partial charge >= 0.3 is 12.3 Å². The molecule has 36 heavy (non-hydrogen) atoms. The molecule has 0 aliphatic carbocycles. The molecule has 200 valence electrons. The van der Waals surface area contributed by atoms with Crippen LogP contribution in [0.25, 0.3) is 0 Å². The van der Waals surface area contributed by atoms with E-state index in [9.17, 15) is 27.6 Å². The largest absolute Gasteiger partial charge is 0.444 e. The smallest absolute Gasteiger partial charge is 0.419 e. The first-order valence-electron chi connectivity index (χ1n) is 11.6. The fraction of sp³-hybridized carbons (Fsp3) is 0.682. The van der Waals surface area contributed by atoms with Crippen LogP contribution in [0.2, 0.25) is 0 Å². The Bertz CT molecular complexity index is 953. The van der Waals surface area contributed by atoms with Crippen molar-refractivity contribution in [1.29, 1.82) is 0 Å². The first-order valence-corrected chi connectivity index (χ1v) is 11.6. The number of nitrogens with one attached hydrogen (secondary N) is 1. The molecule has 3 atom stereocenters. The highest BCUT2D eigenvalue weighted by Crippen LogP contribution is 2.31. The Labute approximate surface area is 206 Å². The fourth-order valence-corrected chi connectivity index (χ4v) is 4.23. The number of alkyl halides is 3. The molecule has 0 saturated carbocycles. The molecule has 3 rings (SSSR count). The molecule has 0 radical (unpaired) electrons. The third-order valence-corrected chi connectivity index (χ3v) is 5.87. The number of likely N-dealkylation sites (tertiary alicyclic amines) is 1. The van der Waals surface area contributed by atoms with Crippen LogP contribution in [-0.4, -0.2) is 83.3 Å². The van der Waals surface area contributed by atoms with Crippen LogP contribution in [0.5, 0.6) is 0 Å². The number of aromatic nitrogens is 2. The number of amides is 3. The number of anilines is 1. The summed E-state index contributed by atoms with van der Waals surface area (Å²) in [6, 6.07) is -0.478. The van der Waals surface area contributed by atoms with E-state index in [1.165, 1.54) is 0 Å². The van der Waals surface area contributed by atoms with Gasteiger partial charge in [-0.05, 0) is 27.2 Å². The molecule has 3 N–H and O–H groups in total. The number of halogens is 3. The number of primary amides is 1. The Morgan fingerprint density at radius 1 is 1.17 bits per heavy atom. The maximum Gasteiger partial charge on any atom is 0.419 e. The van der Waals surface area contributed by atoms with E-state index in [2.05, 4.69) is 15.3 Å². The SMILES string of the molecule is CC(C)(C)OC(=O)NCCOC1CCN(C2CCN(c3ncc(C(F)(F)F)cn3)CC2C(N)=O)C1=O. The number of nitrogens with two attached hydrogens (primary N) is 1. The Morgan fingerprint density at radius 3 is 2.42 bits per heavy atom. The average molecular weight is 517 g/mol. The van der Waals surface area contributed by atoms with Gasteiger partial charge in [0.15, 0.2) is 0 Å². The number of hydrogen-bond donors (Lipinski definition) is 2. The molecule has 0 bridgehead atoms. The highest BCUT2D eigenvalue weighted by Gasteiger charge is 2.44. The lowest BCUT2D eigenvalue weighted by Crippen LogP contribution is -2.56. The van der Waals surface area contributed by atoms with Crippen LogP contribution in [0, 0.1) is 5.92 Å². The molecule has 0 aromatic carbocycles. The van der Waals surface area contributed by atoms with Crippen molar-refractivity contribution in [3.63, 3.8) is 0 Å². The molecule has 11 nitrogen and oxygen atoms in total. The predicted octanol–water partition coefficient (Wildman–Crippen LogP) is 1.32. The standard InChI is InChI=1S/C22H31F3N6O5/c1-21(2,3)36-20(34)27-6-9-35-16-5-8-31(18(16)33)15-4-7-30(12-14(15)17(26)32)19-28-10-13(11-29-19)22(23,24)25/h10-11,14-16H,4-9,12H2,1-3H3,(H2,26,32)(H,27,34). The number of nitrogens with zero attached hydrogens (tertiary/aromatic N) is 4. The lowest BCUT2D eigenvalue weighted by Gasteiger charge is -2.41. The first-order chi connectivity index (χ1) is 16.8. The third kappa shape index (κ3) is 6.95. The van der Waals surface area contributed by atoms with Gasteiger partial charge in [0.2, 0.25) is 11.9 Å². The van der Waals surface area contributed by atoms with E-state index in [1.807, 2.05) is 0 Å². The third-order valence-electron chi connectivity index (χ3n) is 5.87. The van der Waals surface area contributed by atoms with Gasteiger partial charge in [0, 0.05) is 51.0 Å². The Hall–Kier alpha value is -3.16. The summed E-state index contributed by atoms with van der Waals surface area (Å²) in [6.07, 6.45) is -3.69. The van der Waals surface area contributed by atoms with Crippen LogP contribution in [0.15, 0.2) is 12.4 Å². The molecular weight excluding hydrogens is 485 g/mol. The van der Waals surface area contributed by atoms with Crippen molar-refractivity contribution in [2.45, 2.75) is 57.5 Å². The van der Waals surface area contributed by atoms with Crippen molar-refractivity contribution in [1.82, 2.24) is 20.2 Å². The second-order valence-corrected chi connectivity index (χ2v) is 9.69. The minimum Gasteiger partial charge on any atom is -0.444 e. The van der Waals surface area contributed by atoms with E-state index in [1.54, 1.807) is 30.6 Å². The highest BCUT2D eigenvalue weighted by atomic mass is 19.4. The molecular formula is C22H31F3N6O5. The van der Waals surface area contributed by atoms with Gasteiger partial charge in [-0.15, -0.1) is 0 Å². The molecule has 1 aromatic rings. The normalized spacial score (nSPS) is 23.1.